The quantitative estimate of drug-likeness (QED) is 0.893. The van der Waals surface area contributed by atoms with Crippen LogP contribution < -0.4 is 5.32 Å². The van der Waals surface area contributed by atoms with Crippen molar-refractivity contribution in [1.29, 1.82) is 0 Å². The summed E-state index contributed by atoms with van der Waals surface area (Å²) in [7, 11) is 0. The standard InChI is InChI=1S/C16H21N3/c1-13-11-19(10-4-8-17-13)12-14-7-9-18-16-6-3-2-5-15(14)16/h2-3,5-7,9,13,17H,4,8,10-12H2,1H3. The van der Waals surface area contributed by atoms with E-state index in [2.05, 4.69) is 52.5 Å². The molecule has 1 aliphatic heterocycles. The van der Waals surface area contributed by atoms with Crippen LogP contribution in [0.15, 0.2) is 36.5 Å². The van der Waals surface area contributed by atoms with E-state index < -0.39 is 0 Å². The molecular formula is C16H21N3. The number of rotatable bonds is 2. The minimum absolute atomic E-state index is 0.579. The molecule has 3 heteroatoms. The molecule has 1 aromatic carbocycles. The highest BCUT2D eigenvalue weighted by Gasteiger charge is 2.15. The minimum Gasteiger partial charge on any atom is -0.313 e. The molecule has 1 fully saturated rings. The Morgan fingerprint density at radius 3 is 3.16 bits per heavy atom. The van der Waals surface area contributed by atoms with Gasteiger partial charge in [-0.25, -0.2) is 0 Å². The monoisotopic (exact) mass is 255 g/mol. The van der Waals surface area contributed by atoms with Crippen LogP contribution in [0.1, 0.15) is 18.9 Å². The van der Waals surface area contributed by atoms with E-state index in [0.717, 1.165) is 25.2 Å². The van der Waals surface area contributed by atoms with E-state index in [4.69, 9.17) is 0 Å². The second kappa shape index (κ2) is 5.68. The lowest BCUT2D eigenvalue weighted by atomic mass is 10.1. The van der Waals surface area contributed by atoms with Crippen molar-refractivity contribution < 1.29 is 0 Å². The summed E-state index contributed by atoms with van der Waals surface area (Å²) in [6, 6.07) is 11.2. The number of hydrogen-bond donors (Lipinski definition) is 1. The van der Waals surface area contributed by atoms with Crippen LogP contribution in [0, 0.1) is 0 Å². The fraction of sp³-hybridized carbons (Fsp3) is 0.438. The normalized spacial score (nSPS) is 21.4. The third-order valence-electron chi connectivity index (χ3n) is 3.81. The van der Waals surface area contributed by atoms with Gasteiger partial charge in [-0.15, -0.1) is 0 Å². The second-order valence-electron chi connectivity index (χ2n) is 5.43. The molecule has 100 valence electrons. The summed E-state index contributed by atoms with van der Waals surface area (Å²) in [5.41, 5.74) is 2.49. The van der Waals surface area contributed by atoms with Crippen LogP contribution in [-0.4, -0.2) is 35.6 Å². The van der Waals surface area contributed by atoms with Gasteiger partial charge in [0.1, 0.15) is 0 Å². The summed E-state index contributed by atoms with van der Waals surface area (Å²) in [4.78, 5) is 6.99. The van der Waals surface area contributed by atoms with Crippen molar-refractivity contribution in [2.24, 2.45) is 0 Å². The number of fused-ring (bicyclic) bond motifs is 1. The van der Waals surface area contributed by atoms with Crippen LogP contribution in [0.2, 0.25) is 0 Å². The second-order valence-corrected chi connectivity index (χ2v) is 5.43. The van der Waals surface area contributed by atoms with Gasteiger partial charge in [0.2, 0.25) is 0 Å². The molecule has 0 aliphatic carbocycles. The molecule has 0 bridgehead atoms. The largest absolute Gasteiger partial charge is 0.313 e. The van der Waals surface area contributed by atoms with E-state index in [1.807, 2.05) is 6.20 Å². The Morgan fingerprint density at radius 2 is 2.21 bits per heavy atom. The van der Waals surface area contributed by atoms with Crippen LogP contribution >= 0.6 is 0 Å². The molecule has 1 aliphatic rings. The van der Waals surface area contributed by atoms with E-state index in [9.17, 15) is 0 Å². The number of aromatic nitrogens is 1. The molecule has 1 atom stereocenters. The molecule has 0 amide bonds. The van der Waals surface area contributed by atoms with Gasteiger partial charge in [-0.05, 0) is 44.1 Å². The van der Waals surface area contributed by atoms with Gasteiger partial charge in [-0.2, -0.15) is 0 Å². The highest BCUT2D eigenvalue weighted by Crippen LogP contribution is 2.18. The topological polar surface area (TPSA) is 28.2 Å². The van der Waals surface area contributed by atoms with E-state index in [1.165, 1.54) is 23.9 Å². The maximum atomic E-state index is 4.44. The van der Waals surface area contributed by atoms with E-state index >= 15 is 0 Å². The lowest BCUT2D eigenvalue weighted by molar-refractivity contribution is 0.265. The molecule has 2 aromatic rings. The zero-order valence-electron chi connectivity index (χ0n) is 11.5. The fourth-order valence-corrected chi connectivity index (χ4v) is 2.87. The number of nitrogens with one attached hydrogen (secondary N) is 1. The summed E-state index contributed by atoms with van der Waals surface area (Å²) in [6.45, 7) is 6.72. The average molecular weight is 255 g/mol. The van der Waals surface area contributed by atoms with Crippen molar-refractivity contribution in [3.05, 3.63) is 42.1 Å². The van der Waals surface area contributed by atoms with Gasteiger partial charge in [0.25, 0.3) is 0 Å². The third kappa shape index (κ3) is 2.94. The molecule has 1 N–H and O–H groups in total. The van der Waals surface area contributed by atoms with Crippen LogP contribution in [0.25, 0.3) is 10.9 Å². The number of nitrogens with zero attached hydrogens (tertiary/aromatic N) is 2. The van der Waals surface area contributed by atoms with Gasteiger partial charge < -0.3 is 5.32 Å². The SMILES string of the molecule is CC1CN(Cc2ccnc3ccccc23)CCCN1. The molecule has 0 spiro atoms. The van der Waals surface area contributed by atoms with E-state index in [1.54, 1.807) is 0 Å². The van der Waals surface area contributed by atoms with Gasteiger partial charge in [-0.3, -0.25) is 9.88 Å². The predicted molar refractivity (Wildman–Crippen MR) is 79.1 cm³/mol. The Kier molecular flexibility index (Phi) is 3.76. The van der Waals surface area contributed by atoms with Crippen molar-refractivity contribution in [2.45, 2.75) is 25.9 Å². The fourth-order valence-electron chi connectivity index (χ4n) is 2.87. The summed E-state index contributed by atoms with van der Waals surface area (Å²) < 4.78 is 0. The Bertz CT molecular complexity index is 547. The number of benzene rings is 1. The average Bonchev–Trinajstić information content (AvgIpc) is 2.63. The smallest absolute Gasteiger partial charge is 0.0705 e. The highest BCUT2D eigenvalue weighted by atomic mass is 15.2. The Balaban J connectivity index is 1.84. The maximum Gasteiger partial charge on any atom is 0.0705 e. The van der Waals surface area contributed by atoms with Gasteiger partial charge >= 0.3 is 0 Å². The predicted octanol–water partition coefficient (Wildman–Crippen LogP) is 2.42. The van der Waals surface area contributed by atoms with Crippen LogP contribution in [0.3, 0.4) is 0 Å². The zero-order valence-corrected chi connectivity index (χ0v) is 11.5. The Hall–Kier alpha value is -1.45. The third-order valence-corrected chi connectivity index (χ3v) is 3.81. The maximum absolute atomic E-state index is 4.44. The molecular weight excluding hydrogens is 234 g/mol. The zero-order chi connectivity index (χ0) is 13.1. The lowest BCUT2D eigenvalue weighted by Crippen LogP contribution is -2.34. The van der Waals surface area contributed by atoms with Crippen molar-refractivity contribution in [2.75, 3.05) is 19.6 Å². The van der Waals surface area contributed by atoms with Crippen LogP contribution in [-0.2, 0) is 6.54 Å². The molecule has 3 nitrogen and oxygen atoms in total. The molecule has 1 aromatic heterocycles. The summed E-state index contributed by atoms with van der Waals surface area (Å²) >= 11 is 0. The molecule has 1 unspecified atom stereocenters. The molecule has 0 radical (unpaired) electrons. The van der Waals surface area contributed by atoms with Gasteiger partial charge in [0.15, 0.2) is 0 Å². The summed E-state index contributed by atoms with van der Waals surface area (Å²) in [5, 5.41) is 4.83. The first-order valence-corrected chi connectivity index (χ1v) is 7.11. The minimum atomic E-state index is 0.579. The first-order valence-electron chi connectivity index (χ1n) is 7.11. The molecule has 19 heavy (non-hydrogen) atoms. The van der Waals surface area contributed by atoms with E-state index in [-0.39, 0.29) is 0 Å². The first kappa shape index (κ1) is 12.6. The molecule has 1 saturated heterocycles. The van der Waals surface area contributed by atoms with Crippen molar-refractivity contribution >= 4 is 10.9 Å². The first-order chi connectivity index (χ1) is 9.33. The van der Waals surface area contributed by atoms with Gasteiger partial charge in [-0.1, -0.05) is 18.2 Å². The van der Waals surface area contributed by atoms with Crippen LogP contribution in [0.4, 0.5) is 0 Å². The Morgan fingerprint density at radius 1 is 1.32 bits per heavy atom. The van der Waals surface area contributed by atoms with Gasteiger partial charge in [0.05, 0.1) is 5.52 Å². The summed E-state index contributed by atoms with van der Waals surface area (Å²) in [5.74, 6) is 0. The Labute approximate surface area is 114 Å². The van der Waals surface area contributed by atoms with E-state index in [0.29, 0.717) is 6.04 Å². The van der Waals surface area contributed by atoms with Crippen LogP contribution in [0.5, 0.6) is 0 Å². The number of pyridine rings is 1. The highest BCUT2D eigenvalue weighted by molar-refractivity contribution is 5.81. The number of hydrogen-bond acceptors (Lipinski definition) is 3. The number of para-hydroxylation sites is 1. The van der Waals surface area contributed by atoms with Gasteiger partial charge in [0, 0.05) is 30.7 Å². The molecule has 0 saturated carbocycles. The van der Waals surface area contributed by atoms with Crippen molar-refractivity contribution in [1.82, 2.24) is 15.2 Å². The lowest BCUT2D eigenvalue weighted by Gasteiger charge is -2.22. The van der Waals surface area contributed by atoms with Crippen molar-refractivity contribution in [3.8, 4) is 0 Å². The molecule has 3 rings (SSSR count). The molecule has 2 heterocycles. The summed E-state index contributed by atoms with van der Waals surface area (Å²) in [6.07, 6.45) is 3.16. The van der Waals surface area contributed by atoms with Crippen molar-refractivity contribution in [3.63, 3.8) is 0 Å².